The SMILES string of the molecule is CC(C)(C)N1CC2CC(N)C23CCC13. The summed E-state index contributed by atoms with van der Waals surface area (Å²) in [6.45, 7) is 8.34. The Balaban J connectivity index is 1.88. The van der Waals surface area contributed by atoms with Gasteiger partial charge in [0.25, 0.3) is 0 Å². The zero-order chi connectivity index (χ0) is 10.1. The molecule has 2 saturated carbocycles. The van der Waals surface area contributed by atoms with E-state index >= 15 is 0 Å². The molecule has 2 N–H and O–H groups in total. The summed E-state index contributed by atoms with van der Waals surface area (Å²) in [5.74, 6) is 0.926. The van der Waals surface area contributed by atoms with E-state index in [-0.39, 0.29) is 0 Å². The molecule has 4 atom stereocenters. The van der Waals surface area contributed by atoms with Crippen LogP contribution in [0.4, 0.5) is 0 Å². The van der Waals surface area contributed by atoms with Crippen molar-refractivity contribution in [1.29, 1.82) is 0 Å². The van der Waals surface area contributed by atoms with Crippen LogP contribution in [-0.2, 0) is 0 Å². The molecule has 1 heterocycles. The smallest absolute Gasteiger partial charge is 0.0175 e. The molecule has 80 valence electrons. The summed E-state index contributed by atoms with van der Waals surface area (Å²) in [6.07, 6.45) is 4.07. The van der Waals surface area contributed by atoms with Crippen molar-refractivity contribution in [3.8, 4) is 0 Å². The number of likely N-dealkylation sites (tertiary alicyclic amines) is 1. The summed E-state index contributed by atoms with van der Waals surface area (Å²) in [4.78, 5) is 2.72. The Bertz CT molecular complexity index is 268. The first-order valence-corrected chi connectivity index (χ1v) is 5.98. The van der Waals surface area contributed by atoms with Crippen LogP contribution in [0.2, 0.25) is 0 Å². The van der Waals surface area contributed by atoms with Crippen molar-refractivity contribution in [2.45, 2.75) is 57.7 Å². The minimum Gasteiger partial charge on any atom is -0.327 e. The monoisotopic (exact) mass is 194 g/mol. The first-order valence-electron chi connectivity index (χ1n) is 5.98. The molecule has 3 rings (SSSR count). The minimum atomic E-state index is 0.342. The molecule has 1 aliphatic heterocycles. The average molecular weight is 194 g/mol. The van der Waals surface area contributed by atoms with E-state index in [4.69, 9.17) is 5.73 Å². The van der Waals surface area contributed by atoms with Crippen LogP contribution in [0.3, 0.4) is 0 Å². The third kappa shape index (κ3) is 0.809. The van der Waals surface area contributed by atoms with E-state index in [1.807, 2.05) is 0 Å². The Morgan fingerprint density at radius 1 is 1.36 bits per heavy atom. The molecule has 3 fully saturated rings. The fourth-order valence-corrected chi connectivity index (χ4v) is 4.20. The summed E-state index contributed by atoms with van der Waals surface area (Å²) in [6, 6.07) is 1.33. The zero-order valence-corrected chi connectivity index (χ0v) is 9.59. The van der Waals surface area contributed by atoms with Gasteiger partial charge in [-0.1, -0.05) is 0 Å². The van der Waals surface area contributed by atoms with E-state index in [0.29, 0.717) is 17.0 Å². The number of rotatable bonds is 0. The maximum absolute atomic E-state index is 6.22. The molecule has 2 nitrogen and oxygen atoms in total. The molecular weight excluding hydrogens is 172 g/mol. The average Bonchev–Trinajstić information content (AvgIpc) is 2.13. The standard InChI is InChI=1S/C12H22N2/c1-11(2,3)14-7-8-6-9(13)12(8)5-4-10(12)14/h8-10H,4-7,13H2,1-3H3. The molecule has 2 aliphatic carbocycles. The highest BCUT2D eigenvalue weighted by Crippen LogP contribution is 2.65. The van der Waals surface area contributed by atoms with Crippen LogP contribution in [0.25, 0.3) is 0 Å². The number of nitrogens with two attached hydrogens (primary N) is 1. The van der Waals surface area contributed by atoms with Crippen LogP contribution in [-0.4, -0.2) is 29.1 Å². The van der Waals surface area contributed by atoms with Crippen LogP contribution in [0.5, 0.6) is 0 Å². The van der Waals surface area contributed by atoms with Gasteiger partial charge < -0.3 is 5.73 Å². The Morgan fingerprint density at radius 2 is 2.07 bits per heavy atom. The number of hydrogen-bond acceptors (Lipinski definition) is 2. The summed E-state index contributed by atoms with van der Waals surface area (Å²) in [7, 11) is 0. The Morgan fingerprint density at radius 3 is 2.43 bits per heavy atom. The molecular formula is C12H22N2. The Labute approximate surface area is 86.8 Å². The molecule has 2 heteroatoms. The lowest BCUT2D eigenvalue weighted by Gasteiger charge is -2.61. The second kappa shape index (κ2) is 2.35. The van der Waals surface area contributed by atoms with Crippen LogP contribution in [0.1, 0.15) is 40.0 Å². The highest BCUT2D eigenvalue weighted by Gasteiger charge is 2.69. The third-order valence-corrected chi connectivity index (χ3v) is 5.12. The molecule has 0 aromatic rings. The molecule has 1 spiro atoms. The lowest BCUT2D eigenvalue weighted by Crippen LogP contribution is -2.67. The third-order valence-electron chi connectivity index (χ3n) is 5.12. The van der Waals surface area contributed by atoms with E-state index in [9.17, 15) is 0 Å². The van der Waals surface area contributed by atoms with Gasteiger partial charge in [-0.05, 0) is 46.0 Å². The van der Waals surface area contributed by atoms with Gasteiger partial charge in [0.05, 0.1) is 0 Å². The van der Waals surface area contributed by atoms with Crippen molar-refractivity contribution in [2.24, 2.45) is 17.1 Å². The Hall–Kier alpha value is -0.0800. The van der Waals surface area contributed by atoms with Crippen LogP contribution >= 0.6 is 0 Å². The maximum atomic E-state index is 6.22. The van der Waals surface area contributed by atoms with Gasteiger partial charge in [0, 0.05) is 29.6 Å². The summed E-state index contributed by atoms with van der Waals surface area (Å²) < 4.78 is 0. The predicted molar refractivity (Wildman–Crippen MR) is 58.0 cm³/mol. The molecule has 3 aliphatic rings. The lowest BCUT2D eigenvalue weighted by atomic mass is 9.47. The molecule has 0 bridgehead atoms. The molecule has 0 radical (unpaired) electrons. The van der Waals surface area contributed by atoms with Crippen molar-refractivity contribution < 1.29 is 0 Å². The lowest BCUT2D eigenvalue weighted by molar-refractivity contribution is -0.0803. The molecule has 0 amide bonds. The van der Waals surface area contributed by atoms with Crippen LogP contribution in [0, 0.1) is 11.3 Å². The second-order valence-electron chi connectivity index (χ2n) is 6.53. The van der Waals surface area contributed by atoms with Gasteiger partial charge in [-0.3, -0.25) is 4.90 Å². The second-order valence-corrected chi connectivity index (χ2v) is 6.53. The van der Waals surface area contributed by atoms with Crippen LogP contribution in [0.15, 0.2) is 0 Å². The highest BCUT2D eigenvalue weighted by atomic mass is 15.3. The van der Waals surface area contributed by atoms with E-state index in [1.54, 1.807) is 0 Å². The van der Waals surface area contributed by atoms with Gasteiger partial charge in [-0.25, -0.2) is 0 Å². The quantitative estimate of drug-likeness (QED) is 0.634. The van der Waals surface area contributed by atoms with Crippen molar-refractivity contribution in [1.82, 2.24) is 4.90 Å². The molecule has 4 unspecified atom stereocenters. The first-order chi connectivity index (χ1) is 6.46. The van der Waals surface area contributed by atoms with Gasteiger partial charge in [-0.15, -0.1) is 0 Å². The van der Waals surface area contributed by atoms with Gasteiger partial charge in [-0.2, -0.15) is 0 Å². The van der Waals surface area contributed by atoms with Gasteiger partial charge in [0.2, 0.25) is 0 Å². The van der Waals surface area contributed by atoms with E-state index in [2.05, 4.69) is 25.7 Å². The summed E-state index contributed by atoms with van der Waals surface area (Å²) >= 11 is 0. The van der Waals surface area contributed by atoms with Crippen molar-refractivity contribution in [3.63, 3.8) is 0 Å². The minimum absolute atomic E-state index is 0.342. The predicted octanol–water partition coefficient (Wildman–Crippen LogP) is 1.60. The van der Waals surface area contributed by atoms with E-state index < -0.39 is 0 Å². The molecule has 1 saturated heterocycles. The highest BCUT2D eigenvalue weighted by molar-refractivity contribution is 5.23. The van der Waals surface area contributed by atoms with E-state index in [1.165, 1.54) is 25.8 Å². The van der Waals surface area contributed by atoms with Crippen molar-refractivity contribution >= 4 is 0 Å². The topological polar surface area (TPSA) is 29.3 Å². The molecule has 14 heavy (non-hydrogen) atoms. The van der Waals surface area contributed by atoms with Crippen LogP contribution < -0.4 is 5.73 Å². The number of nitrogens with zero attached hydrogens (tertiary/aromatic N) is 1. The summed E-state index contributed by atoms with van der Waals surface area (Å²) in [5.41, 5.74) is 7.12. The van der Waals surface area contributed by atoms with Gasteiger partial charge in [0.1, 0.15) is 0 Å². The summed E-state index contributed by atoms with van der Waals surface area (Å²) in [5, 5.41) is 0. The first kappa shape index (κ1) is 9.17. The molecule has 0 aromatic heterocycles. The van der Waals surface area contributed by atoms with Gasteiger partial charge >= 0.3 is 0 Å². The fraction of sp³-hybridized carbons (Fsp3) is 1.00. The van der Waals surface area contributed by atoms with E-state index in [0.717, 1.165) is 12.0 Å². The number of hydrogen-bond donors (Lipinski definition) is 1. The van der Waals surface area contributed by atoms with Crippen molar-refractivity contribution in [3.05, 3.63) is 0 Å². The molecule has 0 aromatic carbocycles. The van der Waals surface area contributed by atoms with Crippen molar-refractivity contribution in [2.75, 3.05) is 6.54 Å². The Kier molecular flexibility index (Phi) is 1.54. The zero-order valence-electron chi connectivity index (χ0n) is 9.59. The fourth-order valence-electron chi connectivity index (χ4n) is 4.20. The van der Waals surface area contributed by atoms with Gasteiger partial charge in [0.15, 0.2) is 0 Å². The largest absolute Gasteiger partial charge is 0.327 e. The maximum Gasteiger partial charge on any atom is 0.0175 e. The normalized spacial score (nSPS) is 51.9.